The lowest BCUT2D eigenvalue weighted by Crippen LogP contribution is -2.37. The van der Waals surface area contributed by atoms with Crippen LogP contribution in [0.15, 0.2) is 12.7 Å². The highest BCUT2D eigenvalue weighted by atomic mass is 16.5. The smallest absolute Gasteiger partial charge is 0.323 e. The Hall–Kier alpha value is -0.830. The second-order valence-electron chi connectivity index (χ2n) is 3.88. The zero-order chi connectivity index (χ0) is 11.1. The first-order valence-electron chi connectivity index (χ1n) is 5.81. The Bertz CT molecular complexity index is 216. The Labute approximate surface area is 92.1 Å². The molecule has 0 spiro atoms. The molecule has 1 rings (SSSR count). The van der Waals surface area contributed by atoms with Crippen molar-refractivity contribution >= 4 is 5.97 Å². The minimum atomic E-state index is -0.0476. The Morgan fingerprint density at radius 1 is 1.67 bits per heavy atom. The number of ether oxygens (including phenoxy) is 1. The Morgan fingerprint density at radius 3 is 3.13 bits per heavy atom. The third-order valence-corrected chi connectivity index (χ3v) is 2.78. The van der Waals surface area contributed by atoms with Crippen molar-refractivity contribution in [1.29, 1.82) is 0 Å². The zero-order valence-corrected chi connectivity index (χ0v) is 9.58. The average molecular weight is 211 g/mol. The van der Waals surface area contributed by atoms with E-state index < -0.39 is 0 Å². The zero-order valence-electron chi connectivity index (χ0n) is 9.58. The predicted octanol–water partition coefficient (Wildman–Crippen LogP) is 1.98. The Kier molecular flexibility index (Phi) is 5.40. The summed E-state index contributed by atoms with van der Waals surface area (Å²) in [6.45, 7) is 8.05. The van der Waals surface area contributed by atoms with Crippen molar-refractivity contribution in [1.82, 2.24) is 4.90 Å². The number of rotatable bonds is 6. The van der Waals surface area contributed by atoms with Gasteiger partial charge in [0.2, 0.25) is 0 Å². The van der Waals surface area contributed by atoms with E-state index in [1.54, 1.807) is 0 Å². The number of unbranched alkanes of at least 4 members (excludes halogenated alkanes) is 1. The maximum absolute atomic E-state index is 11.6. The molecule has 0 aromatic carbocycles. The maximum Gasteiger partial charge on any atom is 0.323 e. The van der Waals surface area contributed by atoms with Gasteiger partial charge in [0, 0.05) is 0 Å². The van der Waals surface area contributed by atoms with Gasteiger partial charge in [-0.1, -0.05) is 6.08 Å². The summed E-state index contributed by atoms with van der Waals surface area (Å²) in [7, 11) is 0. The summed E-state index contributed by atoms with van der Waals surface area (Å²) in [6, 6.07) is 0.00904. The van der Waals surface area contributed by atoms with Gasteiger partial charge in [-0.2, -0.15) is 0 Å². The summed E-state index contributed by atoms with van der Waals surface area (Å²) in [5.74, 6) is -0.0476. The lowest BCUT2D eigenvalue weighted by Gasteiger charge is -2.22. The molecule has 0 radical (unpaired) electrons. The van der Waals surface area contributed by atoms with Crippen molar-refractivity contribution in [3.63, 3.8) is 0 Å². The molecule has 0 bridgehead atoms. The molecule has 1 heterocycles. The van der Waals surface area contributed by atoms with Crippen LogP contribution in [0.4, 0.5) is 0 Å². The molecule has 1 aliphatic rings. The molecule has 1 atom stereocenters. The summed E-state index contributed by atoms with van der Waals surface area (Å²) in [6.07, 6.45) is 6.09. The van der Waals surface area contributed by atoms with E-state index >= 15 is 0 Å². The molecule has 86 valence electrons. The van der Waals surface area contributed by atoms with Crippen LogP contribution in [0.5, 0.6) is 0 Å². The van der Waals surface area contributed by atoms with Gasteiger partial charge in [0.05, 0.1) is 6.61 Å². The van der Waals surface area contributed by atoms with Crippen molar-refractivity contribution in [2.45, 2.75) is 38.6 Å². The van der Waals surface area contributed by atoms with Crippen LogP contribution in [-0.4, -0.2) is 36.6 Å². The molecule has 1 saturated heterocycles. The molecule has 0 aliphatic carbocycles. The standard InChI is InChI=1S/C12H21NO2/c1-3-5-6-9-13-10-7-8-11(13)12(14)15-4-2/h3,11H,1,4-10H2,2H3. The van der Waals surface area contributed by atoms with Crippen LogP contribution < -0.4 is 0 Å². The van der Waals surface area contributed by atoms with Crippen LogP contribution in [0, 0.1) is 0 Å². The van der Waals surface area contributed by atoms with Gasteiger partial charge >= 0.3 is 5.97 Å². The number of carbonyl (C=O) groups excluding carboxylic acids is 1. The fraction of sp³-hybridized carbons (Fsp3) is 0.750. The third-order valence-electron chi connectivity index (χ3n) is 2.78. The van der Waals surface area contributed by atoms with E-state index in [-0.39, 0.29) is 12.0 Å². The number of allylic oxidation sites excluding steroid dienone is 1. The van der Waals surface area contributed by atoms with Crippen molar-refractivity contribution < 1.29 is 9.53 Å². The molecule has 0 aromatic heterocycles. The highest BCUT2D eigenvalue weighted by Gasteiger charge is 2.30. The fourth-order valence-electron chi connectivity index (χ4n) is 2.04. The predicted molar refractivity (Wildman–Crippen MR) is 60.7 cm³/mol. The van der Waals surface area contributed by atoms with E-state index in [0.717, 1.165) is 38.8 Å². The Morgan fingerprint density at radius 2 is 2.47 bits per heavy atom. The number of esters is 1. The van der Waals surface area contributed by atoms with Crippen LogP contribution in [0.25, 0.3) is 0 Å². The first kappa shape index (κ1) is 12.2. The topological polar surface area (TPSA) is 29.5 Å². The quantitative estimate of drug-likeness (QED) is 0.382. The van der Waals surface area contributed by atoms with Gasteiger partial charge in [0.15, 0.2) is 0 Å². The van der Waals surface area contributed by atoms with E-state index in [4.69, 9.17) is 4.74 Å². The van der Waals surface area contributed by atoms with Gasteiger partial charge in [0.1, 0.15) is 6.04 Å². The molecule has 1 unspecified atom stereocenters. The van der Waals surface area contributed by atoms with Crippen LogP contribution >= 0.6 is 0 Å². The highest BCUT2D eigenvalue weighted by molar-refractivity contribution is 5.76. The molecule has 0 amide bonds. The molecule has 0 saturated carbocycles. The second-order valence-corrected chi connectivity index (χ2v) is 3.88. The number of likely N-dealkylation sites (tertiary alicyclic amines) is 1. The summed E-state index contributed by atoms with van der Waals surface area (Å²) in [5.41, 5.74) is 0. The summed E-state index contributed by atoms with van der Waals surface area (Å²) < 4.78 is 5.06. The lowest BCUT2D eigenvalue weighted by molar-refractivity contribution is -0.148. The molecular weight excluding hydrogens is 190 g/mol. The first-order chi connectivity index (χ1) is 7.29. The van der Waals surface area contributed by atoms with Crippen LogP contribution in [0.1, 0.15) is 32.6 Å². The minimum absolute atomic E-state index is 0.00904. The van der Waals surface area contributed by atoms with Crippen molar-refractivity contribution in [3.8, 4) is 0 Å². The van der Waals surface area contributed by atoms with Gasteiger partial charge in [0.25, 0.3) is 0 Å². The SMILES string of the molecule is C=CCCCN1CCCC1C(=O)OCC. The normalized spacial score (nSPS) is 21.5. The van der Waals surface area contributed by atoms with Crippen LogP contribution in [-0.2, 0) is 9.53 Å². The van der Waals surface area contributed by atoms with E-state index in [2.05, 4.69) is 11.5 Å². The van der Waals surface area contributed by atoms with Crippen molar-refractivity contribution in [2.75, 3.05) is 19.7 Å². The van der Waals surface area contributed by atoms with E-state index in [1.807, 2.05) is 13.0 Å². The van der Waals surface area contributed by atoms with Crippen molar-refractivity contribution in [3.05, 3.63) is 12.7 Å². The first-order valence-corrected chi connectivity index (χ1v) is 5.81. The molecule has 3 nitrogen and oxygen atoms in total. The molecule has 3 heteroatoms. The minimum Gasteiger partial charge on any atom is -0.465 e. The summed E-state index contributed by atoms with van der Waals surface area (Å²) in [4.78, 5) is 13.8. The molecule has 1 aliphatic heterocycles. The lowest BCUT2D eigenvalue weighted by atomic mass is 10.2. The van der Waals surface area contributed by atoms with E-state index in [1.165, 1.54) is 0 Å². The largest absolute Gasteiger partial charge is 0.465 e. The number of nitrogens with zero attached hydrogens (tertiary/aromatic N) is 1. The van der Waals surface area contributed by atoms with Gasteiger partial charge in [-0.3, -0.25) is 9.69 Å². The van der Waals surface area contributed by atoms with Gasteiger partial charge < -0.3 is 4.74 Å². The highest BCUT2D eigenvalue weighted by Crippen LogP contribution is 2.18. The van der Waals surface area contributed by atoms with Gasteiger partial charge in [-0.05, 0) is 45.7 Å². The van der Waals surface area contributed by atoms with Crippen LogP contribution in [0.3, 0.4) is 0 Å². The van der Waals surface area contributed by atoms with E-state index in [9.17, 15) is 4.79 Å². The van der Waals surface area contributed by atoms with Gasteiger partial charge in [-0.25, -0.2) is 0 Å². The molecule has 0 aromatic rings. The molecule has 1 fully saturated rings. The van der Waals surface area contributed by atoms with Crippen LogP contribution in [0.2, 0.25) is 0 Å². The van der Waals surface area contributed by atoms with Gasteiger partial charge in [-0.15, -0.1) is 6.58 Å². The molecule has 0 N–H and O–H groups in total. The third kappa shape index (κ3) is 3.67. The molecule has 15 heavy (non-hydrogen) atoms. The van der Waals surface area contributed by atoms with E-state index in [0.29, 0.717) is 6.61 Å². The van der Waals surface area contributed by atoms with Crippen molar-refractivity contribution in [2.24, 2.45) is 0 Å². The monoisotopic (exact) mass is 211 g/mol. The second kappa shape index (κ2) is 6.62. The molecular formula is C12H21NO2. The number of carbonyl (C=O) groups is 1. The Balaban J connectivity index is 2.35. The average Bonchev–Trinajstić information content (AvgIpc) is 2.67. The number of hydrogen-bond acceptors (Lipinski definition) is 3. The fourth-order valence-corrected chi connectivity index (χ4v) is 2.04. The summed E-state index contributed by atoms with van der Waals surface area (Å²) in [5, 5.41) is 0. The number of hydrogen-bond donors (Lipinski definition) is 0. The maximum atomic E-state index is 11.6. The summed E-state index contributed by atoms with van der Waals surface area (Å²) >= 11 is 0.